The molecule has 0 unspecified atom stereocenters. The molecule has 0 saturated carbocycles. The van der Waals surface area contributed by atoms with E-state index in [1.807, 2.05) is 0 Å². The minimum absolute atomic E-state index is 0.116. The molecule has 0 aromatic heterocycles. The smallest absolute Gasteiger partial charge is 0.242 e. The third kappa shape index (κ3) is 4.11. The fraction of sp³-hybridized carbons (Fsp3) is 0.235. The van der Waals surface area contributed by atoms with Crippen molar-refractivity contribution in [1.29, 1.82) is 0 Å². The van der Waals surface area contributed by atoms with Crippen molar-refractivity contribution in [3.63, 3.8) is 0 Å². The van der Waals surface area contributed by atoms with E-state index >= 15 is 0 Å². The van der Waals surface area contributed by atoms with E-state index in [-0.39, 0.29) is 6.42 Å². The predicted octanol–water partition coefficient (Wildman–Crippen LogP) is 2.82. The predicted molar refractivity (Wildman–Crippen MR) is 87.9 cm³/mol. The number of halogens is 3. The first-order valence-electron chi connectivity index (χ1n) is 7.38. The normalized spacial score (nSPS) is 10.2. The lowest BCUT2D eigenvalue weighted by Gasteiger charge is -2.14. The van der Waals surface area contributed by atoms with E-state index in [0.29, 0.717) is 22.8 Å². The number of nitrogens with one attached hydrogen (secondary N) is 2. The zero-order valence-corrected chi connectivity index (χ0v) is 14.3. The molecule has 1 amide bonds. The number of carbonyl (C=O) groups excluding carboxylic acids is 1. The van der Waals surface area contributed by atoms with E-state index in [9.17, 15) is 18.0 Å². The third-order valence-corrected chi connectivity index (χ3v) is 3.46. The van der Waals surface area contributed by atoms with Gasteiger partial charge in [0.1, 0.15) is 0 Å². The van der Waals surface area contributed by atoms with Crippen molar-refractivity contribution in [3.8, 4) is 17.2 Å². The van der Waals surface area contributed by atoms with Crippen molar-refractivity contribution in [1.82, 2.24) is 5.43 Å². The van der Waals surface area contributed by atoms with Gasteiger partial charge in [0, 0.05) is 0 Å². The van der Waals surface area contributed by atoms with E-state index in [4.69, 9.17) is 14.2 Å². The first-order valence-corrected chi connectivity index (χ1v) is 7.38. The number of anilines is 1. The first kappa shape index (κ1) is 19.2. The van der Waals surface area contributed by atoms with Gasteiger partial charge in [0.2, 0.25) is 11.7 Å². The summed E-state index contributed by atoms with van der Waals surface area (Å²) in [6.07, 6.45) is -0.116. The molecule has 6 nitrogen and oxygen atoms in total. The Morgan fingerprint density at radius 2 is 1.58 bits per heavy atom. The average Bonchev–Trinajstić information content (AvgIpc) is 2.64. The Morgan fingerprint density at radius 3 is 2.12 bits per heavy atom. The Balaban J connectivity index is 2.10. The molecule has 2 aromatic rings. The van der Waals surface area contributed by atoms with Crippen LogP contribution >= 0.6 is 0 Å². The fourth-order valence-electron chi connectivity index (χ4n) is 2.23. The summed E-state index contributed by atoms with van der Waals surface area (Å²) in [5.74, 6) is -3.82. The molecule has 0 heterocycles. The van der Waals surface area contributed by atoms with Crippen LogP contribution in [0.15, 0.2) is 24.3 Å². The second kappa shape index (κ2) is 8.32. The van der Waals surface area contributed by atoms with Crippen LogP contribution in [-0.4, -0.2) is 27.2 Å². The van der Waals surface area contributed by atoms with Crippen molar-refractivity contribution in [2.75, 3.05) is 26.8 Å². The molecular weight excluding hydrogens is 353 g/mol. The van der Waals surface area contributed by atoms with Gasteiger partial charge in [0.25, 0.3) is 0 Å². The van der Waals surface area contributed by atoms with E-state index in [0.717, 1.165) is 12.1 Å². The number of amides is 1. The van der Waals surface area contributed by atoms with Gasteiger partial charge in [-0.05, 0) is 29.8 Å². The third-order valence-electron chi connectivity index (χ3n) is 3.46. The minimum atomic E-state index is -1.63. The molecule has 0 bridgehead atoms. The van der Waals surface area contributed by atoms with Crippen LogP contribution in [0.2, 0.25) is 0 Å². The first-order chi connectivity index (χ1) is 12.4. The Kier molecular flexibility index (Phi) is 6.16. The molecule has 0 aliphatic rings. The summed E-state index contributed by atoms with van der Waals surface area (Å²) < 4.78 is 55.2. The number of rotatable bonds is 7. The lowest BCUT2D eigenvalue weighted by Crippen LogP contribution is -2.31. The van der Waals surface area contributed by atoms with E-state index in [1.165, 1.54) is 21.3 Å². The quantitative estimate of drug-likeness (QED) is 0.580. The molecule has 9 heteroatoms. The van der Waals surface area contributed by atoms with Gasteiger partial charge in [-0.2, -0.15) is 0 Å². The molecule has 0 fully saturated rings. The average molecular weight is 370 g/mol. The van der Waals surface area contributed by atoms with Gasteiger partial charge in [0.05, 0.1) is 33.4 Å². The van der Waals surface area contributed by atoms with Crippen LogP contribution in [0.25, 0.3) is 0 Å². The highest BCUT2D eigenvalue weighted by molar-refractivity contribution is 5.80. The second-order valence-corrected chi connectivity index (χ2v) is 5.11. The summed E-state index contributed by atoms with van der Waals surface area (Å²) in [7, 11) is 4.33. The molecule has 0 aliphatic carbocycles. The maximum Gasteiger partial charge on any atom is 0.242 e. The summed E-state index contributed by atoms with van der Waals surface area (Å²) in [6, 6.07) is 4.87. The highest BCUT2D eigenvalue weighted by Crippen LogP contribution is 2.38. The Hall–Kier alpha value is -3.10. The number of methoxy groups -OCH3 is 3. The Morgan fingerprint density at radius 1 is 0.962 bits per heavy atom. The van der Waals surface area contributed by atoms with E-state index in [1.54, 1.807) is 12.1 Å². The zero-order valence-electron chi connectivity index (χ0n) is 14.3. The van der Waals surface area contributed by atoms with E-state index < -0.39 is 29.0 Å². The number of hydrogen-bond donors (Lipinski definition) is 2. The largest absolute Gasteiger partial charge is 0.493 e. The van der Waals surface area contributed by atoms with Crippen LogP contribution in [0.3, 0.4) is 0 Å². The summed E-state index contributed by atoms with van der Waals surface area (Å²) in [4.78, 5) is 12.0. The molecule has 0 radical (unpaired) electrons. The Bertz CT molecular complexity index is 790. The van der Waals surface area contributed by atoms with Gasteiger partial charge < -0.3 is 14.2 Å². The maximum absolute atomic E-state index is 13.5. The molecule has 140 valence electrons. The van der Waals surface area contributed by atoms with Gasteiger partial charge in [-0.1, -0.05) is 0 Å². The van der Waals surface area contributed by atoms with Crippen molar-refractivity contribution in [2.45, 2.75) is 6.42 Å². The van der Waals surface area contributed by atoms with Crippen molar-refractivity contribution >= 4 is 11.6 Å². The highest BCUT2D eigenvalue weighted by atomic mass is 19.2. The summed E-state index contributed by atoms with van der Waals surface area (Å²) >= 11 is 0. The van der Waals surface area contributed by atoms with Crippen LogP contribution in [0, 0.1) is 17.5 Å². The number of hydrazine groups is 1. The zero-order chi connectivity index (χ0) is 19.3. The topological polar surface area (TPSA) is 68.8 Å². The summed E-state index contributed by atoms with van der Waals surface area (Å²) in [5, 5.41) is 0. The lowest BCUT2D eigenvalue weighted by molar-refractivity contribution is -0.119. The molecular formula is C17H17F3N2O4. The molecule has 0 spiro atoms. The lowest BCUT2D eigenvalue weighted by atomic mass is 10.1. The number of benzene rings is 2. The van der Waals surface area contributed by atoms with E-state index in [2.05, 4.69) is 10.9 Å². The monoisotopic (exact) mass is 370 g/mol. The highest BCUT2D eigenvalue weighted by Gasteiger charge is 2.16. The van der Waals surface area contributed by atoms with Crippen LogP contribution in [-0.2, 0) is 11.2 Å². The molecule has 0 saturated heterocycles. The van der Waals surface area contributed by atoms with Crippen LogP contribution in [0.5, 0.6) is 17.2 Å². The number of hydrogen-bond acceptors (Lipinski definition) is 5. The van der Waals surface area contributed by atoms with Gasteiger partial charge >= 0.3 is 0 Å². The van der Waals surface area contributed by atoms with Crippen molar-refractivity contribution in [2.24, 2.45) is 0 Å². The molecule has 0 atom stereocenters. The molecule has 2 rings (SSSR count). The van der Waals surface area contributed by atoms with Gasteiger partial charge in [-0.15, -0.1) is 0 Å². The van der Waals surface area contributed by atoms with Crippen molar-refractivity contribution in [3.05, 3.63) is 47.3 Å². The van der Waals surface area contributed by atoms with Crippen molar-refractivity contribution < 1.29 is 32.2 Å². The molecule has 26 heavy (non-hydrogen) atoms. The number of carbonyl (C=O) groups is 1. The van der Waals surface area contributed by atoms with Gasteiger partial charge in [0.15, 0.2) is 29.0 Å². The Labute approximate surface area is 147 Å². The van der Waals surface area contributed by atoms with Crippen LogP contribution in [0.1, 0.15) is 5.56 Å². The second-order valence-electron chi connectivity index (χ2n) is 5.11. The van der Waals surface area contributed by atoms with Crippen LogP contribution in [0.4, 0.5) is 18.9 Å². The molecule has 2 aromatic carbocycles. The molecule has 2 N–H and O–H groups in total. The van der Waals surface area contributed by atoms with Gasteiger partial charge in [-0.3, -0.25) is 15.6 Å². The molecule has 0 aliphatic heterocycles. The maximum atomic E-state index is 13.5. The summed E-state index contributed by atoms with van der Waals surface area (Å²) in [6.45, 7) is 0. The number of ether oxygens (including phenoxy) is 3. The fourth-order valence-corrected chi connectivity index (χ4v) is 2.23. The minimum Gasteiger partial charge on any atom is -0.493 e. The SMILES string of the molecule is COc1cc(CC(=O)NNc2ccc(F)c(F)c2F)cc(OC)c1OC. The van der Waals surface area contributed by atoms with Gasteiger partial charge in [-0.25, -0.2) is 13.2 Å². The van der Waals surface area contributed by atoms with Crippen LogP contribution < -0.4 is 25.1 Å². The summed E-state index contributed by atoms with van der Waals surface area (Å²) in [5.41, 5.74) is 4.55. The standard InChI is InChI=1S/C17H17F3N2O4/c1-24-12-6-9(7-13(25-2)17(12)26-3)8-14(23)22-21-11-5-4-10(18)15(19)16(11)20/h4-7,21H,8H2,1-3H3,(H,22,23).